The fourth-order valence-electron chi connectivity index (χ4n) is 3.62. The molecule has 1 fully saturated rings. The number of fused-ring (bicyclic) bond motifs is 2. The molecule has 1 amide bonds. The molecule has 2 aromatic rings. The van der Waals surface area contributed by atoms with Crippen LogP contribution in [0.2, 0.25) is 5.15 Å². The molecule has 0 aliphatic carbocycles. The van der Waals surface area contributed by atoms with Crippen molar-refractivity contribution in [2.45, 2.75) is 18.3 Å². The monoisotopic (exact) mass is 328 g/mol. The van der Waals surface area contributed by atoms with E-state index in [1.165, 1.54) is 5.56 Å². The van der Waals surface area contributed by atoms with E-state index in [1.807, 2.05) is 17.2 Å². The summed E-state index contributed by atoms with van der Waals surface area (Å²) in [6.45, 7) is 2.39. The van der Waals surface area contributed by atoms with Gasteiger partial charge in [-0.05, 0) is 31.0 Å². The fraction of sp³-hybridized carbons (Fsp3) is 0.353. The highest BCUT2D eigenvalue weighted by Gasteiger charge is 2.42. The van der Waals surface area contributed by atoms with Crippen LogP contribution in [0.3, 0.4) is 0 Å². The second-order valence-electron chi connectivity index (χ2n) is 6.19. The van der Waals surface area contributed by atoms with E-state index in [1.54, 1.807) is 18.3 Å². The van der Waals surface area contributed by atoms with Gasteiger partial charge in [0.05, 0.1) is 0 Å². The maximum Gasteiger partial charge on any atom is 0.254 e. The van der Waals surface area contributed by atoms with Gasteiger partial charge in [-0.15, -0.1) is 0 Å². The lowest BCUT2D eigenvalue weighted by molar-refractivity contribution is 0.0676. The smallest absolute Gasteiger partial charge is 0.254 e. The van der Waals surface area contributed by atoms with Crippen LogP contribution in [0.1, 0.15) is 28.8 Å². The van der Waals surface area contributed by atoms with Gasteiger partial charge in [0.1, 0.15) is 11.0 Å². The van der Waals surface area contributed by atoms with E-state index in [0.29, 0.717) is 10.7 Å². The van der Waals surface area contributed by atoms with Gasteiger partial charge in [-0.2, -0.15) is 0 Å². The number of aromatic nitrogens is 2. The Balaban J connectivity index is 1.51. The predicted molar refractivity (Wildman–Crippen MR) is 88.8 cm³/mol. The Kier molecular flexibility index (Phi) is 3.45. The maximum atomic E-state index is 12.6. The number of rotatable bonds is 1. The van der Waals surface area contributed by atoms with Crippen LogP contribution in [0, 0.1) is 0 Å². The van der Waals surface area contributed by atoms with Crippen LogP contribution in [0.4, 0.5) is 5.82 Å². The van der Waals surface area contributed by atoms with Crippen LogP contribution in [-0.2, 0) is 5.41 Å². The lowest BCUT2D eigenvalue weighted by Crippen LogP contribution is -2.46. The van der Waals surface area contributed by atoms with Gasteiger partial charge in [0.2, 0.25) is 0 Å². The van der Waals surface area contributed by atoms with Crippen molar-refractivity contribution in [1.82, 2.24) is 14.9 Å². The van der Waals surface area contributed by atoms with Crippen molar-refractivity contribution >= 4 is 23.3 Å². The van der Waals surface area contributed by atoms with Crippen LogP contribution in [0.25, 0.3) is 0 Å². The minimum atomic E-state index is 0.0292. The van der Waals surface area contributed by atoms with Gasteiger partial charge in [-0.3, -0.25) is 4.79 Å². The zero-order chi connectivity index (χ0) is 15.9. The van der Waals surface area contributed by atoms with Crippen molar-refractivity contribution in [3.8, 4) is 0 Å². The molecule has 0 saturated carbocycles. The van der Waals surface area contributed by atoms with Gasteiger partial charge in [-0.1, -0.05) is 17.7 Å². The summed E-state index contributed by atoms with van der Waals surface area (Å²) >= 11 is 5.89. The maximum absolute atomic E-state index is 12.6. The van der Waals surface area contributed by atoms with E-state index in [9.17, 15) is 4.79 Å². The molecule has 6 heteroatoms. The molecule has 0 bridgehead atoms. The molecular formula is C17H17ClN4O. The quantitative estimate of drug-likeness (QED) is 0.818. The Hall–Kier alpha value is -2.14. The molecule has 0 radical (unpaired) electrons. The number of halogens is 1. The van der Waals surface area contributed by atoms with Gasteiger partial charge < -0.3 is 10.2 Å². The van der Waals surface area contributed by atoms with Crippen LogP contribution < -0.4 is 5.32 Å². The van der Waals surface area contributed by atoms with E-state index < -0.39 is 0 Å². The molecule has 5 nitrogen and oxygen atoms in total. The van der Waals surface area contributed by atoms with E-state index in [4.69, 9.17) is 11.6 Å². The largest absolute Gasteiger partial charge is 0.369 e. The average Bonchev–Trinajstić information content (AvgIpc) is 2.94. The summed E-state index contributed by atoms with van der Waals surface area (Å²) in [5.74, 6) is 1.02. The van der Waals surface area contributed by atoms with Crippen LogP contribution in [0.5, 0.6) is 0 Å². The Morgan fingerprint density at radius 1 is 1.22 bits per heavy atom. The third-order valence-electron chi connectivity index (χ3n) is 4.95. The minimum absolute atomic E-state index is 0.0292. The standard InChI is InChI=1S/C17H17ClN4O/c18-14-10-12(3-7-19-14)16(23)22-8-4-17(5-9-22)11-21-15-13(17)2-1-6-20-15/h1-3,6-7,10H,4-5,8-9,11H2,(H,20,21). The molecule has 2 aliphatic heterocycles. The first-order chi connectivity index (χ1) is 11.2. The number of hydrogen-bond acceptors (Lipinski definition) is 4. The summed E-state index contributed by atoms with van der Waals surface area (Å²) in [6.07, 6.45) is 5.28. The number of likely N-dealkylation sites (tertiary alicyclic amines) is 1. The van der Waals surface area contributed by atoms with Crippen molar-refractivity contribution in [1.29, 1.82) is 0 Å². The Morgan fingerprint density at radius 3 is 2.83 bits per heavy atom. The molecule has 1 spiro atoms. The number of piperidine rings is 1. The van der Waals surface area contributed by atoms with Gasteiger partial charge in [0.15, 0.2) is 0 Å². The summed E-state index contributed by atoms with van der Waals surface area (Å²) in [5.41, 5.74) is 2.00. The summed E-state index contributed by atoms with van der Waals surface area (Å²) in [7, 11) is 0. The van der Waals surface area contributed by atoms with Crippen LogP contribution >= 0.6 is 11.6 Å². The van der Waals surface area contributed by atoms with E-state index >= 15 is 0 Å². The number of carbonyl (C=O) groups is 1. The topological polar surface area (TPSA) is 58.1 Å². The molecule has 23 heavy (non-hydrogen) atoms. The van der Waals surface area contributed by atoms with E-state index in [2.05, 4.69) is 21.4 Å². The molecular weight excluding hydrogens is 312 g/mol. The second kappa shape index (κ2) is 5.49. The van der Waals surface area contributed by atoms with Gasteiger partial charge in [0, 0.05) is 48.6 Å². The first-order valence-electron chi connectivity index (χ1n) is 7.78. The van der Waals surface area contributed by atoms with Crippen molar-refractivity contribution < 1.29 is 4.79 Å². The number of hydrogen-bond donors (Lipinski definition) is 1. The van der Waals surface area contributed by atoms with Crippen molar-refractivity contribution in [2.24, 2.45) is 0 Å². The van der Waals surface area contributed by atoms with Gasteiger partial charge in [-0.25, -0.2) is 9.97 Å². The molecule has 1 saturated heterocycles. The first kappa shape index (κ1) is 14.5. The third-order valence-corrected chi connectivity index (χ3v) is 5.16. The van der Waals surface area contributed by atoms with Gasteiger partial charge >= 0.3 is 0 Å². The summed E-state index contributed by atoms with van der Waals surface area (Å²) in [4.78, 5) is 22.9. The van der Waals surface area contributed by atoms with Gasteiger partial charge in [0.25, 0.3) is 5.91 Å². The summed E-state index contributed by atoms with van der Waals surface area (Å²) < 4.78 is 0. The number of pyridine rings is 2. The predicted octanol–water partition coefficient (Wildman–Crippen LogP) is 2.73. The molecule has 4 rings (SSSR count). The normalized spacial score (nSPS) is 18.6. The highest BCUT2D eigenvalue weighted by atomic mass is 35.5. The third kappa shape index (κ3) is 2.45. The molecule has 2 aliphatic rings. The SMILES string of the molecule is O=C(c1ccnc(Cl)c1)N1CCC2(CC1)CNc1ncccc12. The van der Waals surface area contributed by atoms with Crippen molar-refractivity contribution in [3.63, 3.8) is 0 Å². The number of nitrogens with zero attached hydrogens (tertiary/aromatic N) is 3. The molecule has 0 aromatic carbocycles. The Morgan fingerprint density at radius 2 is 2.04 bits per heavy atom. The number of carbonyl (C=O) groups excluding carboxylic acids is 1. The molecule has 2 aromatic heterocycles. The molecule has 118 valence electrons. The lowest BCUT2D eigenvalue weighted by atomic mass is 9.75. The molecule has 4 heterocycles. The van der Waals surface area contributed by atoms with E-state index in [-0.39, 0.29) is 11.3 Å². The zero-order valence-electron chi connectivity index (χ0n) is 12.6. The summed E-state index contributed by atoms with van der Waals surface area (Å²) in [6, 6.07) is 7.49. The van der Waals surface area contributed by atoms with Crippen LogP contribution in [0.15, 0.2) is 36.7 Å². The van der Waals surface area contributed by atoms with Crippen LogP contribution in [-0.4, -0.2) is 40.4 Å². The minimum Gasteiger partial charge on any atom is -0.369 e. The zero-order valence-corrected chi connectivity index (χ0v) is 13.4. The summed E-state index contributed by atoms with van der Waals surface area (Å²) in [5, 5.41) is 3.75. The Labute approximate surface area is 139 Å². The highest BCUT2D eigenvalue weighted by molar-refractivity contribution is 6.29. The fourth-order valence-corrected chi connectivity index (χ4v) is 3.80. The lowest BCUT2D eigenvalue weighted by Gasteiger charge is -2.39. The highest BCUT2D eigenvalue weighted by Crippen LogP contribution is 2.42. The molecule has 0 atom stereocenters. The van der Waals surface area contributed by atoms with Crippen molar-refractivity contribution in [2.75, 3.05) is 25.0 Å². The first-order valence-corrected chi connectivity index (χ1v) is 8.16. The molecule has 0 unspecified atom stereocenters. The number of nitrogens with one attached hydrogen (secondary N) is 1. The molecule has 1 N–H and O–H groups in total. The van der Waals surface area contributed by atoms with E-state index in [0.717, 1.165) is 38.3 Å². The second-order valence-corrected chi connectivity index (χ2v) is 6.58. The van der Waals surface area contributed by atoms with Crippen molar-refractivity contribution in [3.05, 3.63) is 52.9 Å². The number of amides is 1. The number of anilines is 1. The Bertz CT molecular complexity index is 756. The average molecular weight is 329 g/mol.